The molecule has 0 saturated carbocycles. The van der Waals surface area contributed by atoms with E-state index in [9.17, 15) is 0 Å². The molecule has 4 aromatic rings. The van der Waals surface area contributed by atoms with Gasteiger partial charge in [0.15, 0.2) is 0 Å². The highest BCUT2D eigenvalue weighted by Gasteiger charge is 2.01. The largest absolute Gasteiger partial charge is 0.494 e. The molecule has 0 unspecified atom stereocenters. The van der Waals surface area contributed by atoms with E-state index in [0.717, 1.165) is 43.9 Å². The Kier molecular flexibility index (Phi) is 6.44. The van der Waals surface area contributed by atoms with Crippen molar-refractivity contribution in [2.24, 2.45) is 0 Å². The quantitative estimate of drug-likeness (QED) is 0.334. The van der Waals surface area contributed by atoms with Crippen molar-refractivity contribution in [3.05, 3.63) is 108 Å². The zero-order chi connectivity index (χ0) is 19.7. The van der Waals surface area contributed by atoms with Gasteiger partial charge < -0.3 is 10.1 Å². The van der Waals surface area contributed by atoms with Crippen LogP contribution in [-0.2, 0) is 12.8 Å². The molecule has 0 aromatic heterocycles. The lowest BCUT2D eigenvalue weighted by Crippen LogP contribution is -2.05. The average molecular weight is 382 g/mol. The number of hydrogen-bond donors (Lipinski definition) is 1. The second kappa shape index (κ2) is 9.79. The van der Waals surface area contributed by atoms with Crippen LogP contribution in [0.15, 0.2) is 97.1 Å². The summed E-state index contributed by atoms with van der Waals surface area (Å²) < 4.78 is 5.88. The van der Waals surface area contributed by atoms with E-state index in [0.29, 0.717) is 0 Å². The molecule has 1 N–H and O–H groups in total. The van der Waals surface area contributed by atoms with Crippen molar-refractivity contribution in [1.82, 2.24) is 0 Å². The molecule has 0 heterocycles. The number of benzene rings is 4. The van der Waals surface area contributed by atoms with Crippen LogP contribution in [0.2, 0.25) is 0 Å². The lowest BCUT2D eigenvalue weighted by molar-refractivity contribution is 0.311. The van der Waals surface area contributed by atoms with E-state index in [4.69, 9.17) is 4.74 Å². The predicted octanol–water partition coefficient (Wildman–Crippen LogP) is 6.51. The lowest BCUT2D eigenvalue weighted by atomic mass is 10.0. The maximum Gasteiger partial charge on any atom is 0.119 e. The van der Waals surface area contributed by atoms with E-state index in [2.05, 4.69) is 90.2 Å². The Hall–Kier alpha value is -3.26. The summed E-state index contributed by atoms with van der Waals surface area (Å²) >= 11 is 0. The van der Waals surface area contributed by atoms with Crippen LogP contribution in [-0.4, -0.2) is 13.2 Å². The van der Waals surface area contributed by atoms with Gasteiger partial charge in [-0.25, -0.2) is 0 Å². The molecular weight excluding hydrogens is 354 g/mol. The van der Waals surface area contributed by atoms with Crippen LogP contribution in [0.1, 0.15) is 17.5 Å². The summed E-state index contributed by atoms with van der Waals surface area (Å²) in [5, 5.41) is 6.17. The first kappa shape index (κ1) is 19.1. The molecule has 146 valence electrons. The third kappa shape index (κ3) is 5.39. The van der Waals surface area contributed by atoms with Gasteiger partial charge in [0.2, 0.25) is 0 Å². The molecule has 4 rings (SSSR count). The minimum atomic E-state index is 0.739. The Morgan fingerprint density at radius 2 is 1.41 bits per heavy atom. The van der Waals surface area contributed by atoms with Crippen molar-refractivity contribution in [3.8, 4) is 5.75 Å². The summed E-state index contributed by atoms with van der Waals surface area (Å²) in [5.74, 6) is 0.928. The Morgan fingerprint density at radius 1 is 0.655 bits per heavy atom. The van der Waals surface area contributed by atoms with Gasteiger partial charge in [-0.2, -0.15) is 0 Å². The Labute approximate surface area is 173 Å². The zero-order valence-electron chi connectivity index (χ0n) is 16.7. The van der Waals surface area contributed by atoms with Crippen LogP contribution in [0.25, 0.3) is 10.8 Å². The molecule has 0 atom stereocenters. The molecule has 2 heteroatoms. The molecule has 0 aliphatic carbocycles. The summed E-state index contributed by atoms with van der Waals surface area (Å²) in [7, 11) is 0. The fourth-order valence-electron chi connectivity index (χ4n) is 3.63. The summed E-state index contributed by atoms with van der Waals surface area (Å²) in [5.41, 5.74) is 3.87. The van der Waals surface area contributed by atoms with Gasteiger partial charge in [-0.3, -0.25) is 0 Å². The van der Waals surface area contributed by atoms with E-state index in [1.54, 1.807) is 0 Å². The van der Waals surface area contributed by atoms with Gasteiger partial charge in [-0.1, -0.05) is 72.8 Å². The van der Waals surface area contributed by atoms with Gasteiger partial charge in [0.05, 0.1) is 6.61 Å². The van der Waals surface area contributed by atoms with Crippen molar-refractivity contribution in [2.45, 2.75) is 19.3 Å². The fourth-order valence-corrected chi connectivity index (χ4v) is 3.63. The van der Waals surface area contributed by atoms with E-state index in [-0.39, 0.29) is 0 Å². The molecular formula is C27H27NO. The second-order valence-corrected chi connectivity index (χ2v) is 7.28. The Morgan fingerprint density at radius 3 is 2.28 bits per heavy atom. The zero-order valence-corrected chi connectivity index (χ0v) is 16.7. The van der Waals surface area contributed by atoms with Crippen molar-refractivity contribution in [1.29, 1.82) is 0 Å². The monoisotopic (exact) mass is 381 g/mol. The highest BCUT2D eigenvalue weighted by molar-refractivity contribution is 5.85. The van der Waals surface area contributed by atoms with Crippen LogP contribution in [0, 0.1) is 0 Å². The first-order chi connectivity index (χ1) is 14.4. The summed E-state index contributed by atoms with van der Waals surface area (Å²) in [6, 6.07) is 33.9. The average Bonchev–Trinajstić information content (AvgIpc) is 2.79. The molecule has 0 fully saturated rings. The molecule has 0 amide bonds. The first-order valence-corrected chi connectivity index (χ1v) is 10.4. The van der Waals surface area contributed by atoms with Gasteiger partial charge in [0.1, 0.15) is 5.75 Å². The van der Waals surface area contributed by atoms with Gasteiger partial charge in [0, 0.05) is 12.2 Å². The summed E-state index contributed by atoms with van der Waals surface area (Å²) in [6.45, 7) is 1.65. The molecule has 29 heavy (non-hydrogen) atoms. The molecule has 4 aromatic carbocycles. The van der Waals surface area contributed by atoms with Crippen LogP contribution in [0.3, 0.4) is 0 Å². The lowest BCUT2D eigenvalue weighted by Gasteiger charge is -2.10. The van der Waals surface area contributed by atoms with Crippen molar-refractivity contribution < 1.29 is 4.74 Å². The van der Waals surface area contributed by atoms with E-state index in [1.165, 1.54) is 21.9 Å². The van der Waals surface area contributed by atoms with E-state index in [1.807, 2.05) is 12.1 Å². The van der Waals surface area contributed by atoms with Crippen LogP contribution in [0.4, 0.5) is 5.69 Å². The van der Waals surface area contributed by atoms with Gasteiger partial charge in [-0.05, 0) is 65.4 Å². The number of aryl methyl sites for hydroxylation is 1. The normalized spacial score (nSPS) is 10.8. The van der Waals surface area contributed by atoms with Gasteiger partial charge in [0.25, 0.3) is 0 Å². The molecule has 0 saturated heterocycles. The van der Waals surface area contributed by atoms with Crippen LogP contribution < -0.4 is 10.1 Å². The standard InChI is InChI=1S/C27H27NO/c1-2-8-22(9-3-1)10-7-21-29-26-17-15-25(16-18-26)28-20-19-24-13-6-12-23-11-4-5-14-27(23)24/h1-6,8-9,11-18,28H,7,10,19-21H2. The van der Waals surface area contributed by atoms with Crippen LogP contribution >= 0.6 is 0 Å². The number of anilines is 1. The van der Waals surface area contributed by atoms with Crippen molar-refractivity contribution >= 4 is 16.5 Å². The summed E-state index contributed by atoms with van der Waals surface area (Å²) in [6.07, 6.45) is 3.07. The Bertz CT molecular complexity index is 1020. The van der Waals surface area contributed by atoms with Gasteiger partial charge in [-0.15, -0.1) is 0 Å². The molecule has 0 radical (unpaired) electrons. The third-order valence-electron chi connectivity index (χ3n) is 5.18. The second-order valence-electron chi connectivity index (χ2n) is 7.28. The van der Waals surface area contributed by atoms with Gasteiger partial charge >= 0.3 is 0 Å². The number of rotatable bonds is 9. The molecule has 0 bridgehead atoms. The maximum atomic E-state index is 5.88. The minimum Gasteiger partial charge on any atom is -0.494 e. The van der Waals surface area contributed by atoms with Crippen LogP contribution in [0.5, 0.6) is 5.75 Å². The van der Waals surface area contributed by atoms with Crippen molar-refractivity contribution in [2.75, 3.05) is 18.5 Å². The van der Waals surface area contributed by atoms with E-state index >= 15 is 0 Å². The summed E-state index contributed by atoms with van der Waals surface area (Å²) in [4.78, 5) is 0. The maximum absolute atomic E-state index is 5.88. The molecule has 0 aliphatic rings. The molecule has 0 aliphatic heterocycles. The number of fused-ring (bicyclic) bond motifs is 1. The smallest absolute Gasteiger partial charge is 0.119 e. The minimum absolute atomic E-state index is 0.739. The number of ether oxygens (including phenoxy) is 1. The SMILES string of the molecule is c1ccc(CCCOc2ccc(NCCc3cccc4ccccc34)cc2)cc1. The highest BCUT2D eigenvalue weighted by atomic mass is 16.5. The highest BCUT2D eigenvalue weighted by Crippen LogP contribution is 2.20. The third-order valence-corrected chi connectivity index (χ3v) is 5.18. The molecule has 2 nitrogen and oxygen atoms in total. The number of hydrogen-bond acceptors (Lipinski definition) is 2. The number of nitrogens with one attached hydrogen (secondary N) is 1. The van der Waals surface area contributed by atoms with Crippen molar-refractivity contribution in [3.63, 3.8) is 0 Å². The topological polar surface area (TPSA) is 21.3 Å². The predicted molar refractivity (Wildman–Crippen MR) is 123 cm³/mol. The van der Waals surface area contributed by atoms with E-state index < -0.39 is 0 Å². The molecule has 0 spiro atoms. The fraction of sp³-hybridized carbons (Fsp3) is 0.185. The first-order valence-electron chi connectivity index (χ1n) is 10.4. The Balaban J connectivity index is 1.22.